The number of nitrogens with one attached hydrogen (secondary N) is 1. The summed E-state index contributed by atoms with van der Waals surface area (Å²) in [5.74, 6) is -2.91. The summed E-state index contributed by atoms with van der Waals surface area (Å²) in [4.78, 5) is 21.0. The molecule has 2 aliphatic rings. The molecule has 0 spiro atoms. The van der Waals surface area contributed by atoms with Crippen LogP contribution in [0.2, 0.25) is 0 Å². The SMILES string of the molecule is O=C(Nc1cnn2ccc(N3CCCC3c3cc(F)ccc3F)nc12)c1cc(C(F)(F)F)c(N2CCN(I)CC2)cc1F. The van der Waals surface area contributed by atoms with E-state index in [1.165, 1.54) is 15.6 Å². The topological polar surface area (TPSA) is 69.0 Å². The van der Waals surface area contributed by atoms with Crippen LogP contribution in [0.1, 0.15) is 40.4 Å². The van der Waals surface area contributed by atoms with Crippen molar-refractivity contribution in [3.63, 3.8) is 0 Å². The number of hydrogen-bond acceptors (Lipinski definition) is 6. The van der Waals surface area contributed by atoms with Gasteiger partial charge in [-0.05, 0) is 49.2 Å². The van der Waals surface area contributed by atoms with E-state index in [0.717, 1.165) is 24.3 Å². The number of nitrogens with zero attached hydrogens (tertiary/aromatic N) is 6. The fourth-order valence-corrected chi connectivity index (χ4v) is 6.01. The molecule has 15 heteroatoms. The third-order valence-electron chi connectivity index (χ3n) is 7.67. The Hall–Kier alpha value is -3.60. The minimum atomic E-state index is -4.83. The number of halogens is 7. The summed E-state index contributed by atoms with van der Waals surface area (Å²) in [6, 6.07) is 5.70. The zero-order valence-corrected chi connectivity index (χ0v) is 24.5. The van der Waals surface area contributed by atoms with Crippen LogP contribution in [0, 0.1) is 17.5 Å². The molecule has 2 aromatic carbocycles. The molecule has 1 amide bonds. The van der Waals surface area contributed by atoms with E-state index >= 15 is 4.39 Å². The zero-order valence-electron chi connectivity index (χ0n) is 22.4. The Kier molecular flexibility index (Phi) is 7.87. The van der Waals surface area contributed by atoms with Crippen molar-refractivity contribution in [1.29, 1.82) is 0 Å². The number of alkyl halides is 3. The number of rotatable bonds is 5. The van der Waals surface area contributed by atoms with Crippen LogP contribution in [0.4, 0.5) is 43.5 Å². The largest absolute Gasteiger partial charge is 0.418 e. The molecule has 1 unspecified atom stereocenters. The second-order valence-corrected chi connectivity index (χ2v) is 11.7. The first kappa shape index (κ1) is 29.5. The molecule has 0 radical (unpaired) electrons. The van der Waals surface area contributed by atoms with Crippen LogP contribution in [0.15, 0.2) is 48.8 Å². The minimum Gasteiger partial charge on any atom is -0.368 e. The first-order valence-corrected chi connectivity index (χ1v) is 14.4. The van der Waals surface area contributed by atoms with Gasteiger partial charge < -0.3 is 15.1 Å². The fourth-order valence-electron chi connectivity index (χ4n) is 5.58. The normalized spacial score (nSPS) is 18.1. The van der Waals surface area contributed by atoms with E-state index in [0.29, 0.717) is 44.4 Å². The fraction of sp³-hybridized carbons (Fsp3) is 0.321. The monoisotopic (exact) mass is 715 g/mol. The van der Waals surface area contributed by atoms with Crippen LogP contribution >= 0.6 is 22.9 Å². The predicted molar refractivity (Wildman–Crippen MR) is 156 cm³/mol. The quantitative estimate of drug-likeness (QED) is 0.150. The van der Waals surface area contributed by atoms with Crippen molar-refractivity contribution in [3.8, 4) is 0 Å². The molecule has 6 rings (SSSR count). The van der Waals surface area contributed by atoms with Crippen LogP contribution in [0.3, 0.4) is 0 Å². The number of anilines is 3. The van der Waals surface area contributed by atoms with Gasteiger partial charge in [0.2, 0.25) is 0 Å². The average Bonchev–Trinajstić information content (AvgIpc) is 3.61. The van der Waals surface area contributed by atoms with E-state index < -0.39 is 46.7 Å². The van der Waals surface area contributed by atoms with Crippen molar-refractivity contribution >= 4 is 51.6 Å². The highest BCUT2D eigenvalue weighted by molar-refractivity contribution is 14.1. The number of amides is 1. The number of aromatic nitrogens is 3. The van der Waals surface area contributed by atoms with Crippen molar-refractivity contribution in [1.82, 2.24) is 17.7 Å². The van der Waals surface area contributed by atoms with E-state index in [-0.39, 0.29) is 35.7 Å². The summed E-state index contributed by atoms with van der Waals surface area (Å²) in [6.07, 6.45) is -0.773. The van der Waals surface area contributed by atoms with Crippen LogP contribution in [-0.4, -0.2) is 56.3 Å². The number of carbonyl (C=O) groups is 1. The summed E-state index contributed by atoms with van der Waals surface area (Å²) in [5, 5.41) is 6.56. The third kappa shape index (κ3) is 5.83. The summed E-state index contributed by atoms with van der Waals surface area (Å²) in [5.41, 5.74) is -1.83. The maximum atomic E-state index is 15.2. The molecule has 226 valence electrons. The highest BCUT2D eigenvalue weighted by Crippen LogP contribution is 2.40. The molecule has 2 saturated heterocycles. The van der Waals surface area contributed by atoms with Gasteiger partial charge in [-0.15, -0.1) is 0 Å². The van der Waals surface area contributed by atoms with Crippen LogP contribution in [-0.2, 0) is 6.18 Å². The Morgan fingerprint density at radius 2 is 1.74 bits per heavy atom. The van der Waals surface area contributed by atoms with Crippen molar-refractivity contribution in [2.45, 2.75) is 25.1 Å². The smallest absolute Gasteiger partial charge is 0.368 e. The number of hydrogen-bond donors (Lipinski definition) is 1. The Morgan fingerprint density at radius 3 is 2.49 bits per heavy atom. The van der Waals surface area contributed by atoms with Crippen LogP contribution in [0.5, 0.6) is 0 Å². The second-order valence-electron chi connectivity index (χ2n) is 10.3. The zero-order chi connectivity index (χ0) is 30.5. The number of benzene rings is 2. The van der Waals surface area contributed by atoms with Gasteiger partial charge in [-0.3, -0.25) is 4.79 Å². The standard InChI is InChI=1S/C28H24F6IN7O/c29-16-3-4-20(30)17(12-16)23-2-1-6-41(23)25-5-7-42-26(38-25)22(15-36-42)37-27(43)18-13-19(28(32,33)34)24(14-21(18)31)39-8-10-40(35)11-9-39/h3-5,7,12-15,23H,1-2,6,8-11H2,(H,37,43). The number of piperazine rings is 1. The third-order valence-corrected chi connectivity index (χ3v) is 8.63. The van der Waals surface area contributed by atoms with Crippen molar-refractivity contribution in [2.24, 2.45) is 0 Å². The van der Waals surface area contributed by atoms with Gasteiger partial charge in [-0.25, -0.2) is 25.8 Å². The predicted octanol–water partition coefficient (Wildman–Crippen LogP) is 6.23. The number of carbonyl (C=O) groups excluding carboxylic acids is 1. The van der Waals surface area contributed by atoms with Crippen LogP contribution in [0.25, 0.3) is 5.65 Å². The molecule has 8 nitrogen and oxygen atoms in total. The Morgan fingerprint density at radius 1 is 0.977 bits per heavy atom. The van der Waals surface area contributed by atoms with Gasteiger partial charge in [0.05, 0.1) is 29.1 Å². The molecule has 43 heavy (non-hydrogen) atoms. The lowest BCUT2D eigenvalue weighted by Gasteiger charge is -2.34. The van der Waals surface area contributed by atoms with Crippen LogP contribution < -0.4 is 15.1 Å². The van der Waals surface area contributed by atoms with E-state index in [2.05, 4.69) is 38.3 Å². The van der Waals surface area contributed by atoms with Gasteiger partial charge in [0.1, 0.15) is 29.0 Å². The first-order valence-electron chi connectivity index (χ1n) is 13.4. The molecule has 4 heterocycles. The maximum absolute atomic E-state index is 15.2. The van der Waals surface area contributed by atoms with Crippen molar-refractivity contribution in [3.05, 3.63) is 82.9 Å². The van der Waals surface area contributed by atoms with Gasteiger partial charge >= 0.3 is 6.18 Å². The molecule has 1 N–H and O–H groups in total. The van der Waals surface area contributed by atoms with Crippen molar-refractivity contribution < 1.29 is 31.1 Å². The second kappa shape index (κ2) is 11.5. The molecule has 0 saturated carbocycles. The maximum Gasteiger partial charge on any atom is 0.418 e. The molecule has 2 aromatic heterocycles. The summed E-state index contributed by atoms with van der Waals surface area (Å²) in [7, 11) is 0. The lowest BCUT2D eigenvalue weighted by Crippen LogP contribution is -2.43. The molecule has 4 aromatic rings. The Bertz CT molecular complexity index is 1690. The molecular weight excluding hydrogens is 691 g/mol. The molecule has 0 bridgehead atoms. The van der Waals surface area contributed by atoms with Gasteiger partial charge in [0.15, 0.2) is 5.65 Å². The van der Waals surface area contributed by atoms with E-state index in [1.54, 1.807) is 12.3 Å². The summed E-state index contributed by atoms with van der Waals surface area (Å²) >= 11 is 2.08. The van der Waals surface area contributed by atoms with E-state index in [1.807, 2.05) is 8.01 Å². The van der Waals surface area contributed by atoms with E-state index in [4.69, 9.17) is 0 Å². The highest BCUT2D eigenvalue weighted by Gasteiger charge is 2.38. The lowest BCUT2D eigenvalue weighted by atomic mass is 10.0. The molecule has 0 aliphatic carbocycles. The summed E-state index contributed by atoms with van der Waals surface area (Å²) in [6.45, 7) is 2.06. The lowest BCUT2D eigenvalue weighted by molar-refractivity contribution is -0.137. The Balaban J connectivity index is 1.30. The number of fused-ring (bicyclic) bond motifs is 1. The molecule has 1 atom stereocenters. The van der Waals surface area contributed by atoms with Gasteiger partial charge in [-0.1, -0.05) is 0 Å². The minimum absolute atomic E-state index is 0.0368. The van der Waals surface area contributed by atoms with Crippen molar-refractivity contribution in [2.75, 3.05) is 47.8 Å². The highest BCUT2D eigenvalue weighted by atomic mass is 127. The summed E-state index contributed by atoms with van der Waals surface area (Å²) < 4.78 is 89.2. The Labute approximate surface area is 255 Å². The van der Waals surface area contributed by atoms with Gasteiger partial charge in [0, 0.05) is 67.3 Å². The van der Waals surface area contributed by atoms with Gasteiger partial charge in [0.25, 0.3) is 5.91 Å². The molecule has 2 aliphatic heterocycles. The molecule has 2 fully saturated rings. The average molecular weight is 715 g/mol. The molecular formula is C28H24F6IN7O. The first-order chi connectivity index (χ1) is 20.5. The van der Waals surface area contributed by atoms with E-state index in [9.17, 15) is 26.7 Å². The van der Waals surface area contributed by atoms with Gasteiger partial charge in [-0.2, -0.15) is 18.3 Å².